The van der Waals surface area contributed by atoms with Gasteiger partial charge in [-0.05, 0) is 44.2 Å². The molecule has 156 valence electrons. The van der Waals surface area contributed by atoms with E-state index in [0.29, 0.717) is 12.1 Å². The molecule has 2 aliphatic rings. The highest BCUT2D eigenvalue weighted by Crippen LogP contribution is 2.22. The molecule has 2 heterocycles. The molecular formula is C21H27N3O5. The van der Waals surface area contributed by atoms with Gasteiger partial charge in [0, 0.05) is 12.6 Å². The lowest BCUT2D eigenvalue weighted by Crippen LogP contribution is -2.48. The molecule has 0 radical (unpaired) electrons. The van der Waals surface area contributed by atoms with Gasteiger partial charge >= 0.3 is 12.0 Å². The van der Waals surface area contributed by atoms with Crippen LogP contribution in [0.4, 0.5) is 4.79 Å². The number of urea groups is 1. The SMILES string of the molecule is CC[C@H]1CCCCN1C(=O)[C@H](C)OC(=O)c1ccccc1CN1C(=O)CNC1=O. The Balaban J connectivity index is 1.69. The Morgan fingerprint density at radius 1 is 1.24 bits per heavy atom. The van der Waals surface area contributed by atoms with Crippen LogP contribution < -0.4 is 5.32 Å². The second kappa shape index (κ2) is 9.07. The first-order valence-corrected chi connectivity index (χ1v) is 10.1. The summed E-state index contributed by atoms with van der Waals surface area (Å²) in [6, 6.07) is 6.33. The summed E-state index contributed by atoms with van der Waals surface area (Å²) in [5.41, 5.74) is 0.734. The van der Waals surface area contributed by atoms with Crippen LogP contribution in [-0.2, 0) is 20.9 Å². The third-order valence-corrected chi connectivity index (χ3v) is 5.52. The molecule has 3 rings (SSSR count). The number of hydrogen-bond acceptors (Lipinski definition) is 5. The van der Waals surface area contributed by atoms with Gasteiger partial charge in [-0.15, -0.1) is 0 Å². The standard InChI is InChI=1S/C21H27N3O5/c1-3-16-9-6-7-11-23(16)19(26)14(2)29-20(27)17-10-5-4-8-15(17)13-24-18(25)12-22-21(24)28/h4-5,8,10,14,16H,3,6-7,9,11-13H2,1-2H3,(H,22,28)/t14-,16-/m0/s1. The van der Waals surface area contributed by atoms with Gasteiger partial charge in [-0.3, -0.25) is 14.5 Å². The second-order valence-electron chi connectivity index (χ2n) is 7.43. The molecular weight excluding hydrogens is 374 g/mol. The lowest BCUT2D eigenvalue weighted by molar-refractivity contribution is -0.143. The third-order valence-electron chi connectivity index (χ3n) is 5.52. The van der Waals surface area contributed by atoms with Gasteiger partial charge < -0.3 is 15.0 Å². The Kier molecular flexibility index (Phi) is 6.51. The molecule has 1 aromatic carbocycles. The van der Waals surface area contributed by atoms with Crippen molar-refractivity contribution in [2.45, 2.75) is 58.2 Å². The number of piperidine rings is 1. The van der Waals surface area contributed by atoms with E-state index in [1.807, 2.05) is 4.90 Å². The Bertz CT molecular complexity index is 793. The summed E-state index contributed by atoms with van der Waals surface area (Å²) < 4.78 is 5.47. The first-order valence-electron chi connectivity index (χ1n) is 10.1. The number of carbonyl (C=O) groups is 4. The van der Waals surface area contributed by atoms with Crippen molar-refractivity contribution < 1.29 is 23.9 Å². The first kappa shape index (κ1) is 20.8. The van der Waals surface area contributed by atoms with Crippen LogP contribution in [0.25, 0.3) is 0 Å². The largest absolute Gasteiger partial charge is 0.449 e. The average Bonchev–Trinajstić information content (AvgIpc) is 3.05. The van der Waals surface area contributed by atoms with Crippen LogP contribution in [0.1, 0.15) is 55.5 Å². The molecule has 29 heavy (non-hydrogen) atoms. The average molecular weight is 401 g/mol. The summed E-state index contributed by atoms with van der Waals surface area (Å²) in [6.07, 6.45) is 3.00. The van der Waals surface area contributed by atoms with Crippen molar-refractivity contribution >= 4 is 23.8 Å². The predicted molar refractivity (Wildman–Crippen MR) is 105 cm³/mol. The Labute approximate surface area is 170 Å². The van der Waals surface area contributed by atoms with Gasteiger partial charge in [0.1, 0.15) is 0 Å². The number of imide groups is 1. The highest BCUT2D eigenvalue weighted by atomic mass is 16.5. The van der Waals surface area contributed by atoms with Crippen LogP contribution in [0.3, 0.4) is 0 Å². The van der Waals surface area contributed by atoms with Crippen LogP contribution >= 0.6 is 0 Å². The molecule has 4 amide bonds. The summed E-state index contributed by atoms with van der Waals surface area (Å²) in [4.78, 5) is 52.1. The van der Waals surface area contributed by atoms with Crippen LogP contribution in [0.2, 0.25) is 0 Å². The molecule has 0 bridgehead atoms. The maximum atomic E-state index is 12.8. The fourth-order valence-corrected chi connectivity index (χ4v) is 3.87. The van der Waals surface area contributed by atoms with E-state index in [-0.39, 0.29) is 36.5 Å². The van der Waals surface area contributed by atoms with Gasteiger partial charge in [-0.1, -0.05) is 25.1 Å². The van der Waals surface area contributed by atoms with Gasteiger partial charge in [-0.2, -0.15) is 0 Å². The van der Waals surface area contributed by atoms with Crippen LogP contribution in [0.5, 0.6) is 0 Å². The molecule has 0 saturated carbocycles. The Hall–Kier alpha value is -2.90. The number of rotatable bonds is 6. The number of benzene rings is 1. The second-order valence-corrected chi connectivity index (χ2v) is 7.43. The summed E-state index contributed by atoms with van der Waals surface area (Å²) in [7, 11) is 0. The minimum absolute atomic E-state index is 0.0255. The minimum atomic E-state index is -0.903. The highest BCUT2D eigenvalue weighted by molar-refractivity contribution is 6.02. The normalized spacial score (nSPS) is 20.4. The van der Waals surface area contributed by atoms with Crippen molar-refractivity contribution in [2.24, 2.45) is 0 Å². The van der Waals surface area contributed by atoms with E-state index in [2.05, 4.69) is 12.2 Å². The van der Waals surface area contributed by atoms with Crippen LogP contribution in [0, 0.1) is 0 Å². The fourth-order valence-electron chi connectivity index (χ4n) is 3.87. The summed E-state index contributed by atoms with van der Waals surface area (Å²) in [5.74, 6) is -1.17. The van der Waals surface area contributed by atoms with E-state index >= 15 is 0 Å². The number of amides is 4. The number of carbonyl (C=O) groups excluding carboxylic acids is 4. The van der Waals surface area contributed by atoms with Gasteiger partial charge in [0.2, 0.25) is 5.91 Å². The zero-order valence-electron chi connectivity index (χ0n) is 16.8. The van der Waals surface area contributed by atoms with Gasteiger partial charge in [0.25, 0.3) is 5.91 Å². The number of nitrogens with one attached hydrogen (secondary N) is 1. The van der Waals surface area contributed by atoms with Gasteiger partial charge in [0.05, 0.1) is 18.7 Å². The van der Waals surface area contributed by atoms with Crippen LogP contribution in [-0.4, -0.2) is 58.8 Å². The molecule has 2 saturated heterocycles. The molecule has 1 aromatic rings. The fraction of sp³-hybridized carbons (Fsp3) is 0.524. The minimum Gasteiger partial charge on any atom is -0.449 e. The third kappa shape index (κ3) is 4.58. The van der Waals surface area contributed by atoms with Crippen molar-refractivity contribution in [1.29, 1.82) is 0 Å². The zero-order chi connectivity index (χ0) is 21.0. The van der Waals surface area contributed by atoms with Gasteiger partial charge in [-0.25, -0.2) is 9.59 Å². The topological polar surface area (TPSA) is 96.0 Å². The Morgan fingerprint density at radius 3 is 2.69 bits per heavy atom. The van der Waals surface area contributed by atoms with Crippen molar-refractivity contribution in [1.82, 2.24) is 15.1 Å². The molecule has 0 aliphatic carbocycles. The van der Waals surface area contributed by atoms with E-state index in [0.717, 1.165) is 30.6 Å². The van der Waals surface area contributed by atoms with Crippen molar-refractivity contribution in [3.8, 4) is 0 Å². The number of hydrogen-bond donors (Lipinski definition) is 1. The smallest absolute Gasteiger partial charge is 0.339 e. The number of nitrogens with zero attached hydrogens (tertiary/aromatic N) is 2. The molecule has 1 N–H and O–H groups in total. The van der Waals surface area contributed by atoms with Gasteiger partial charge in [0.15, 0.2) is 6.10 Å². The number of ether oxygens (including phenoxy) is 1. The van der Waals surface area contributed by atoms with E-state index in [9.17, 15) is 19.2 Å². The molecule has 2 fully saturated rings. The molecule has 8 nitrogen and oxygen atoms in total. The lowest BCUT2D eigenvalue weighted by atomic mass is 9.99. The molecule has 2 atom stereocenters. The maximum absolute atomic E-state index is 12.8. The molecule has 8 heteroatoms. The monoisotopic (exact) mass is 401 g/mol. The molecule has 0 aromatic heterocycles. The quantitative estimate of drug-likeness (QED) is 0.582. The summed E-state index contributed by atoms with van der Waals surface area (Å²) in [5, 5.41) is 2.45. The summed E-state index contributed by atoms with van der Waals surface area (Å²) in [6.45, 7) is 4.25. The van der Waals surface area contributed by atoms with E-state index < -0.39 is 18.1 Å². The molecule has 2 aliphatic heterocycles. The van der Waals surface area contributed by atoms with Crippen molar-refractivity contribution in [3.63, 3.8) is 0 Å². The zero-order valence-corrected chi connectivity index (χ0v) is 16.8. The highest BCUT2D eigenvalue weighted by Gasteiger charge is 2.32. The number of esters is 1. The Morgan fingerprint density at radius 2 is 2.00 bits per heavy atom. The van der Waals surface area contributed by atoms with E-state index in [1.165, 1.54) is 0 Å². The van der Waals surface area contributed by atoms with Crippen molar-refractivity contribution in [3.05, 3.63) is 35.4 Å². The number of likely N-dealkylation sites (tertiary alicyclic amines) is 1. The lowest BCUT2D eigenvalue weighted by Gasteiger charge is -2.36. The summed E-state index contributed by atoms with van der Waals surface area (Å²) >= 11 is 0. The molecule has 0 spiro atoms. The molecule has 0 unspecified atom stereocenters. The first-order chi connectivity index (χ1) is 13.9. The van der Waals surface area contributed by atoms with Crippen LogP contribution in [0.15, 0.2) is 24.3 Å². The van der Waals surface area contributed by atoms with Crippen molar-refractivity contribution in [2.75, 3.05) is 13.1 Å². The van der Waals surface area contributed by atoms with E-state index in [1.54, 1.807) is 31.2 Å². The van der Waals surface area contributed by atoms with E-state index in [4.69, 9.17) is 4.74 Å². The predicted octanol–water partition coefficient (Wildman–Crippen LogP) is 2.07. The maximum Gasteiger partial charge on any atom is 0.339 e.